The number of anilines is 2. The van der Waals surface area contributed by atoms with Gasteiger partial charge in [0.1, 0.15) is 17.5 Å². The standard InChI is InChI=1S/C15H26N4O/c1-10-5-7-15(9-20,8-6-10)19-14-11(2)13(16-4)17-12(3)18-14/h10,20H,5-9H2,1-4H3,(H2,16,17,18,19). The summed E-state index contributed by atoms with van der Waals surface area (Å²) in [6.45, 7) is 6.32. The molecule has 5 heteroatoms. The van der Waals surface area contributed by atoms with Crippen molar-refractivity contribution in [1.82, 2.24) is 9.97 Å². The Balaban J connectivity index is 2.26. The van der Waals surface area contributed by atoms with Gasteiger partial charge in [-0.25, -0.2) is 9.97 Å². The fourth-order valence-electron chi connectivity index (χ4n) is 2.88. The summed E-state index contributed by atoms with van der Waals surface area (Å²) in [7, 11) is 1.86. The Morgan fingerprint density at radius 3 is 2.35 bits per heavy atom. The molecule has 1 aliphatic rings. The Bertz CT molecular complexity index is 467. The minimum Gasteiger partial charge on any atom is -0.394 e. The molecule has 5 nitrogen and oxygen atoms in total. The number of aliphatic hydroxyl groups excluding tert-OH is 1. The molecule has 1 aromatic heterocycles. The molecular formula is C15H26N4O. The Morgan fingerprint density at radius 1 is 1.20 bits per heavy atom. The Kier molecular flexibility index (Phi) is 4.48. The molecule has 0 saturated heterocycles. The van der Waals surface area contributed by atoms with Crippen LogP contribution >= 0.6 is 0 Å². The van der Waals surface area contributed by atoms with Crippen LogP contribution in [0.2, 0.25) is 0 Å². The van der Waals surface area contributed by atoms with Gasteiger partial charge in [-0.1, -0.05) is 6.92 Å². The predicted octanol–water partition coefficient (Wildman–Crippen LogP) is 2.49. The van der Waals surface area contributed by atoms with Gasteiger partial charge in [-0.05, 0) is 45.4 Å². The zero-order chi connectivity index (χ0) is 14.8. The normalized spacial score (nSPS) is 26.4. The lowest BCUT2D eigenvalue weighted by atomic mass is 9.77. The van der Waals surface area contributed by atoms with Crippen molar-refractivity contribution in [1.29, 1.82) is 0 Å². The first-order chi connectivity index (χ1) is 9.49. The molecule has 0 spiro atoms. The van der Waals surface area contributed by atoms with Crippen LogP contribution in [0.3, 0.4) is 0 Å². The molecular weight excluding hydrogens is 252 g/mol. The molecule has 0 aromatic carbocycles. The molecule has 0 amide bonds. The smallest absolute Gasteiger partial charge is 0.135 e. The highest BCUT2D eigenvalue weighted by atomic mass is 16.3. The van der Waals surface area contributed by atoms with E-state index in [1.54, 1.807) is 0 Å². The number of nitrogens with one attached hydrogen (secondary N) is 2. The Labute approximate surface area is 121 Å². The number of aliphatic hydroxyl groups is 1. The molecule has 2 rings (SSSR count). The topological polar surface area (TPSA) is 70.1 Å². The van der Waals surface area contributed by atoms with E-state index in [0.29, 0.717) is 0 Å². The van der Waals surface area contributed by atoms with E-state index >= 15 is 0 Å². The van der Waals surface area contributed by atoms with Crippen LogP contribution in [-0.2, 0) is 0 Å². The van der Waals surface area contributed by atoms with Crippen LogP contribution < -0.4 is 10.6 Å². The second kappa shape index (κ2) is 5.95. The number of nitrogens with zero attached hydrogens (tertiary/aromatic N) is 2. The second-order valence-electron chi connectivity index (χ2n) is 6.09. The van der Waals surface area contributed by atoms with Crippen LogP contribution in [0.5, 0.6) is 0 Å². The van der Waals surface area contributed by atoms with Crippen molar-refractivity contribution in [2.24, 2.45) is 5.92 Å². The highest BCUT2D eigenvalue weighted by Gasteiger charge is 2.34. The summed E-state index contributed by atoms with van der Waals surface area (Å²) in [4.78, 5) is 8.89. The molecule has 1 saturated carbocycles. The second-order valence-corrected chi connectivity index (χ2v) is 6.09. The number of rotatable bonds is 4. The van der Waals surface area contributed by atoms with Crippen LogP contribution in [0, 0.1) is 19.8 Å². The lowest BCUT2D eigenvalue weighted by Crippen LogP contribution is -2.45. The maximum absolute atomic E-state index is 9.85. The molecule has 0 bridgehead atoms. The van der Waals surface area contributed by atoms with Crippen molar-refractivity contribution in [3.63, 3.8) is 0 Å². The molecule has 0 radical (unpaired) electrons. The van der Waals surface area contributed by atoms with Crippen molar-refractivity contribution < 1.29 is 5.11 Å². The summed E-state index contributed by atoms with van der Waals surface area (Å²) >= 11 is 0. The van der Waals surface area contributed by atoms with Crippen LogP contribution in [0.25, 0.3) is 0 Å². The fraction of sp³-hybridized carbons (Fsp3) is 0.733. The summed E-state index contributed by atoms with van der Waals surface area (Å²) in [5.74, 6) is 3.17. The molecule has 0 atom stereocenters. The lowest BCUT2D eigenvalue weighted by molar-refractivity contribution is 0.155. The first kappa shape index (κ1) is 15.0. The summed E-state index contributed by atoms with van der Waals surface area (Å²) in [6, 6.07) is 0. The first-order valence-electron chi connectivity index (χ1n) is 7.42. The fourth-order valence-corrected chi connectivity index (χ4v) is 2.88. The van der Waals surface area contributed by atoms with E-state index in [2.05, 4.69) is 27.5 Å². The van der Waals surface area contributed by atoms with Gasteiger partial charge in [0.05, 0.1) is 12.1 Å². The van der Waals surface area contributed by atoms with Crippen LogP contribution in [0.15, 0.2) is 0 Å². The third kappa shape index (κ3) is 3.03. The van der Waals surface area contributed by atoms with Gasteiger partial charge < -0.3 is 15.7 Å². The van der Waals surface area contributed by atoms with E-state index in [-0.39, 0.29) is 12.1 Å². The summed E-state index contributed by atoms with van der Waals surface area (Å²) in [5, 5.41) is 16.5. The van der Waals surface area contributed by atoms with E-state index < -0.39 is 0 Å². The van der Waals surface area contributed by atoms with Crippen LogP contribution in [0.1, 0.15) is 44.0 Å². The average Bonchev–Trinajstić information content (AvgIpc) is 2.45. The molecule has 3 N–H and O–H groups in total. The molecule has 0 unspecified atom stereocenters. The third-order valence-electron chi connectivity index (χ3n) is 4.41. The van der Waals surface area contributed by atoms with Crippen LogP contribution in [0.4, 0.5) is 11.6 Å². The minimum absolute atomic E-state index is 0.150. The molecule has 1 heterocycles. The SMILES string of the molecule is CNc1nc(C)nc(NC2(CO)CCC(C)CC2)c1C. The summed E-state index contributed by atoms with van der Waals surface area (Å²) in [6.07, 6.45) is 4.27. The van der Waals surface area contributed by atoms with Gasteiger partial charge >= 0.3 is 0 Å². The number of aryl methyl sites for hydroxylation is 1. The molecule has 1 fully saturated rings. The highest BCUT2D eigenvalue weighted by Crippen LogP contribution is 2.35. The summed E-state index contributed by atoms with van der Waals surface area (Å²) in [5.41, 5.74) is 0.771. The van der Waals surface area contributed by atoms with E-state index in [9.17, 15) is 5.11 Å². The van der Waals surface area contributed by atoms with E-state index in [1.165, 1.54) is 0 Å². The van der Waals surface area contributed by atoms with Gasteiger partial charge in [0, 0.05) is 12.6 Å². The minimum atomic E-state index is -0.233. The van der Waals surface area contributed by atoms with Crippen molar-refractivity contribution in [3.05, 3.63) is 11.4 Å². The molecule has 1 aliphatic carbocycles. The molecule has 0 aliphatic heterocycles. The van der Waals surface area contributed by atoms with Crippen molar-refractivity contribution >= 4 is 11.6 Å². The number of hydrogen-bond acceptors (Lipinski definition) is 5. The Morgan fingerprint density at radius 2 is 1.80 bits per heavy atom. The van der Waals surface area contributed by atoms with Crippen LogP contribution in [-0.4, -0.2) is 34.3 Å². The summed E-state index contributed by atoms with van der Waals surface area (Å²) < 4.78 is 0. The third-order valence-corrected chi connectivity index (χ3v) is 4.41. The van der Waals surface area contributed by atoms with Gasteiger partial charge in [0.25, 0.3) is 0 Å². The number of aromatic nitrogens is 2. The van der Waals surface area contributed by atoms with E-state index in [0.717, 1.165) is 54.6 Å². The van der Waals surface area contributed by atoms with Gasteiger partial charge in [-0.15, -0.1) is 0 Å². The van der Waals surface area contributed by atoms with Gasteiger partial charge in [0.2, 0.25) is 0 Å². The van der Waals surface area contributed by atoms with Gasteiger partial charge in [0.15, 0.2) is 0 Å². The monoisotopic (exact) mass is 278 g/mol. The molecule has 20 heavy (non-hydrogen) atoms. The zero-order valence-electron chi connectivity index (χ0n) is 13.0. The number of hydrogen-bond donors (Lipinski definition) is 3. The maximum Gasteiger partial charge on any atom is 0.135 e. The van der Waals surface area contributed by atoms with E-state index in [1.807, 2.05) is 20.9 Å². The predicted molar refractivity (Wildman–Crippen MR) is 82.1 cm³/mol. The quantitative estimate of drug-likeness (QED) is 0.789. The van der Waals surface area contributed by atoms with Crippen molar-refractivity contribution in [3.8, 4) is 0 Å². The Hall–Kier alpha value is -1.36. The highest BCUT2D eigenvalue weighted by molar-refractivity contribution is 5.58. The van der Waals surface area contributed by atoms with Crippen molar-refractivity contribution in [2.75, 3.05) is 24.3 Å². The lowest BCUT2D eigenvalue weighted by Gasteiger charge is -2.39. The van der Waals surface area contributed by atoms with Gasteiger partial charge in [-0.3, -0.25) is 0 Å². The van der Waals surface area contributed by atoms with E-state index in [4.69, 9.17) is 0 Å². The first-order valence-corrected chi connectivity index (χ1v) is 7.42. The van der Waals surface area contributed by atoms with Gasteiger partial charge in [-0.2, -0.15) is 0 Å². The van der Waals surface area contributed by atoms with Crippen molar-refractivity contribution in [2.45, 2.75) is 52.0 Å². The largest absolute Gasteiger partial charge is 0.394 e. The zero-order valence-corrected chi connectivity index (χ0v) is 13.0. The average molecular weight is 278 g/mol. The molecule has 112 valence electrons. The molecule has 1 aromatic rings. The maximum atomic E-state index is 9.85.